The summed E-state index contributed by atoms with van der Waals surface area (Å²) in [5.41, 5.74) is 0.956. The van der Waals surface area contributed by atoms with Crippen LogP contribution < -0.4 is 5.32 Å². The quantitative estimate of drug-likeness (QED) is 0.787. The summed E-state index contributed by atoms with van der Waals surface area (Å²) in [7, 11) is 0. The summed E-state index contributed by atoms with van der Waals surface area (Å²) >= 11 is 1.33. The first kappa shape index (κ1) is 10.7. The second-order valence-corrected chi connectivity index (χ2v) is 3.62. The van der Waals surface area contributed by atoms with Gasteiger partial charge in [-0.1, -0.05) is 6.92 Å². The van der Waals surface area contributed by atoms with Gasteiger partial charge < -0.3 is 10.4 Å². The molecule has 1 rings (SSSR count). The van der Waals surface area contributed by atoms with Gasteiger partial charge in [0.05, 0.1) is 4.88 Å². The van der Waals surface area contributed by atoms with Crippen molar-refractivity contribution in [2.75, 3.05) is 6.54 Å². The Balaban J connectivity index is 2.64. The minimum absolute atomic E-state index is 0.306. The number of nitrogens with one attached hydrogen (secondary N) is 1. The highest BCUT2D eigenvalue weighted by Gasteiger charge is 2.12. The molecule has 0 unspecified atom stereocenters. The van der Waals surface area contributed by atoms with Crippen LogP contribution in [0.25, 0.3) is 0 Å². The second-order valence-electron chi connectivity index (χ2n) is 2.70. The third-order valence-corrected chi connectivity index (χ3v) is 2.69. The van der Waals surface area contributed by atoms with Crippen molar-refractivity contribution in [2.45, 2.75) is 13.3 Å². The van der Waals surface area contributed by atoms with E-state index in [2.05, 4.69) is 5.32 Å². The van der Waals surface area contributed by atoms with Crippen LogP contribution in [0, 0.1) is 0 Å². The number of thiophene rings is 1. The Labute approximate surface area is 85.6 Å². The summed E-state index contributed by atoms with van der Waals surface area (Å²) in [6, 6.07) is 1.88. The van der Waals surface area contributed by atoms with Crippen molar-refractivity contribution >= 4 is 23.2 Å². The van der Waals surface area contributed by atoms with Gasteiger partial charge in [0.15, 0.2) is 0 Å². The van der Waals surface area contributed by atoms with Gasteiger partial charge in [0, 0.05) is 0 Å². The molecule has 0 saturated heterocycles. The van der Waals surface area contributed by atoms with E-state index in [1.807, 2.05) is 18.4 Å². The number of rotatable bonds is 4. The number of carbonyl (C=O) groups is 2. The molecular weight excluding hydrogens is 202 g/mol. The van der Waals surface area contributed by atoms with Gasteiger partial charge in [-0.3, -0.25) is 9.59 Å². The Bertz CT molecular complexity index is 346. The van der Waals surface area contributed by atoms with E-state index in [9.17, 15) is 9.59 Å². The zero-order valence-corrected chi connectivity index (χ0v) is 8.56. The summed E-state index contributed by atoms with van der Waals surface area (Å²) in [6.07, 6.45) is 0.777. The fourth-order valence-corrected chi connectivity index (χ4v) is 1.96. The highest BCUT2D eigenvalue weighted by molar-refractivity contribution is 7.12. The van der Waals surface area contributed by atoms with Gasteiger partial charge in [0.2, 0.25) is 0 Å². The van der Waals surface area contributed by atoms with Crippen molar-refractivity contribution < 1.29 is 14.7 Å². The first-order valence-electron chi connectivity index (χ1n) is 4.21. The predicted molar refractivity (Wildman–Crippen MR) is 53.7 cm³/mol. The van der Waals surface area contributed by atoms with Crippen LogP contribution in [0.1, 0.15) is 22.2 Å². The molecule has 1 heterocycles. The molecule has 0 radical (unpaired) electrons. The first-order valence-corrected chi connectivity index (χ1v) is 5.09. The molecule has 0 aliphatic heterocycles. The topological polar surface area (TPSA) is 66.4 Å². The van der Waals surface area contributed by atoms with Crippen molar-refractivity contribution in [3.05, 3.63) is 21.9 Å². The number of hydrogen-bond acceptors (Lipinski definition) is 3. The summed E-state index contributed by atoms with van der Waals surface area (Å²) in [4.78, 5) is 22.2. The molecule has 76 valence electrons. The second kappa shape index (κ2) is 4.76. The zero-order valence-electron chi connectivity index (χ0n) is 7.74. The normalized spacial score (nSPS) is 9.79. The molecule has 0 aliphatic rings. The van der Waals surface area contributed by atoms with Crippen LogP contribution in [0.4, 0.5) is 0 Å². The smallest absolute Gasteiger partial charge is 0.322 e. The number of aryl methyl sites for hydroxylation is 1. The van der Waals surface area contributed by atoms with Crippen LogP contribution in [0.2, 0.25) is 0 Å². The molecule has 0 atom stereocenters. The Morgan fingerprint density at radius 3 is 2.86 bits per heavy atom. The van der Waals surface area contributed by atoms with Gasteiger partial charge in [0.25, 0.3) is 5.91 Å². The highest BCUT2D eigenvalue weighted by Crippen LogP contribution is 2.16. The molecule has 5 heteroatoms. The lowest BCUT2D eigenvalue weighted by molar-refractivity contribution is -0.135. The third-order valence-electron chi connectivity index (χ3n) is 1.73. The van der Waals surface area contributed by atoms with Crippen LogP contribution in [0.3, 0.4) is 0 Å². The predicted octanol–water partition coefficient (Wildman–Crippen LogP) is 1.12. The Morgan fingerprint density at radius 1 is 1.57 bits per heavy atom. The maximum Gasteiger partial charge on any atom is 0.322 e. The van der Waals surface area contributed by atoms with E-state index in [1.54, 1.807) is 0 Å². The van der Waals surface area contributed by atoms with Crippen molar-refractivity contribution in [3.63, 3.8) is 0 Å². The van der Waals surface area contributed by atoms with Gasteiger partial charge in [-0.25, -0.2) is 0 Å². The molecule has 1 aromatic heterocycles. The standard InChI is InChI=1S/C9H11NO3S/c1-2-6-3-4-14-8(6)9(13)10-5-7(11)12/h3-4H,2,5H2,1H3,(H,10,13)(H,11,12). The fourth-order valence-electron chi connectivity index (χ4n) is 1.05. The van der Waals surface area contributed by atoms with E-state index in [0.717, 1.165) is 12.0 Å². The van der Waals surface area contributed by atoms with Crippen LogP contribution in [-0.4, -0.2) is 23.5 Å². The largest absolute Gasteiger partial charge is 0.480 e. The lowest BCUT2D eigenvalue weighted by Gasteiger charge is -2.01. The summed E-state index contributed by atoms with van der Waals surface area (Å²) in [5, 5.41) is 12.5. The van der Waals surface area contributed by atoms with Gasteiger partial charge in [0.1, 0.15) is 6.54 Å². The van der Waals surface area contributed by atoms with Gasteiger partial charge in [-0.05, 0) is 23.4 Å². The number of amides is 1. The zero-order chi connectivity index (χ0) is 10.6. The van der Waals surface area contributed by atoms with Crippen LogP contribution in [0.15, 0.2) is 11.4 Å². The Morgan fingerprint density at radius 2 is 2.29 bits per heavy atom. The molecule has 1 aromatic rings. The van der Waals surface area contributed by atoms with Crippen molar-refractivity contribution in [1.29, 1.82) is 0 Å². The molecule has 0 bridgehead atoms. The van der Waals surface area contributed by atoms with E-state index < -0.39 is 5.97 Å². The highest BCUT2D eigenvalue weighted by atomic mass is 32.1. The van der Waals surface area contributed by atoms with Crippen molar-refractivity contribution in [2.24, 2.45) is 0 Å². The van der Waals surface area contributed by atoms with Crippen LogP contribution >= 0.6 is 11.3 Å². The SMILES string of the molecule is CCc1ccsc1C(=O)NCC(=O)O. The molecule has 0 fully saturated rings. The minimum Gasteiger partial charge on any atom is -0.480 e. The Hall–Kier alpha value is -1.36. The van der Waals surface area contributed by atoms with Gasteiger partial charge >= 0.3 is 5.97 Å². The summed E-state index contributed by atoms with van der Waals surface area (Å²) < 4.78 is 0. The van der Waals surface area contributed by atoms with Crippen LogP contribution in [-0.2, 0) is 11.2 Å². The molecule has 14 heavy (non-hydrogen) atoms. The maximum atomic E-state index is 11.4. The maximum absolute atomic E-state index is 11.4. The van der Waals surface area contributed by atoms with E-state index in [-0.39, 0.29) is 12.5 Å². The minimum atomic E-state index is -1.03. The monoisotopic (exact) mass is 213 g/mol. The molecule has 4 nitrogen and oxygen atoms in total. The average Bonchev–Trinajstić information content (AvgIpc) is 2.61. The van der Waals surface area contributed by atoms with E-state index in [1.165, 1.54) is 11.3 Å². The van der Waals surface area contributed by atoms with Crippen molar-refractivity contribution in [1.82, 2.24) is 5.32 Å². The summed E-state index contributed by atoms with van der Waals surface area (Å²) in [6.45, 7) is 1.62. The Kier molecular flexibility index (Phi) is 3.64. The van der Waals surface area contributed by atoms with E-state index in [0.29, 0.717) is 4.88 Å². The lowest BCUT2D eigenvalue weighted by atomic mass is 10.2. The first-order chi connectivity index (χ1) is 6.65. The number of carboxylic acid groups (broad SMARTS) is 1. The lowest BCUT2D eigenvalue weighted by Crippen LogP contribution is -2.29. The average molecular weight is 213 g/mol. The molecule has 1 amide bonds. The number of aliphatic carboxylic acids is 1. The van der Waals surface area contributed by atoms with Gasteiger partial charge in [-0.2, -0.15) is 0 Å². The molecule has 0 aromatic carbocycles. The molecule has 0 saturated carbocycles. The van der Waals surface area contributed by atoms with E-state index >= 15 is 0 Å². The van der Waals surface area contributed by atoms with Gasteiger partial charge in [-0.15, -0.1) is 11.3 Å². The van der Waals surface area contributed by atoms with E-state index in [4.69, 9.17) is 5.11 Å². The number of carbonyl (C=O) groups excluding carboxylic acids is 1. The fraction of sp³-hybridized carbons (Fsp3) is 0.333. The number of hydrogen-bond donors (Lipinski definition) is 2. The number of carboxylic acids is 1. The van der Waals surface area contributed by atoms with Crippen molar-refractivity contribution in [3.8, 4) is 0 Å². The molecular formula is C9H11NO3S. The molecule has 0 spiro atoms. The summed E-state index contributed by atoms with van der Waals surface area (Å²) in [5.74, 6) is -1.34. The molecule has 0 aliphatic carbocycles. The third kappa shape index (κ3) is 2.56. The molecule has 2 N–H and O–H groups in total. The van der Waals surface area contributed by atoms with Crippen LogP contribution in [0.5, 0.6) is 0 Å².